The molecule has 2 N–H and O–H groups in total. The van der Waals surface area contributed by atoms with Crippen LogP contribution in [0.3, 0.4) is 0 Å². The molecule has 1 aliphatic rings. The number of unbranched alkanes of at least 4 members (excludes halogenated alkanes) is 1. The molecule has 10 heteroatoms. The number of carbonyl (C=O) groups excluding carboxylic acids is 2. The van der Waals surface area contributed by atoms with Gasteiger partial charge in [-0.15, -0.1) is 35.3 Å². The van der Waals surface area contributed by atoms with E-state index in [1.165, 1.54) is 4.90 Å². The zero-order chi connectivity index (χ0) is 20.8. The molecule has 2 heterocycles. The van der Waals surface area contributed by atoms with E-state index in [2.05, 4.69) is 20.6 Å². The SMILES string of the molecule is CN=C(NCCCCN1C(=O)c2ccccc2C1=O)NCc1csc(N(C)C)n1.I. The number of benzene rings is 1. The molecule has 0 radical (unpaired) electrons. The lowest BCUT2D eigenvalue weighted by Crippen LogP contribution is -2.37. The monoisotopic (exact) mass is 542 g/mol. The van der Waals surface area contributed by atoms with Crippen LogP contribution in [0.2, 0.25) is 0 Å². The number of anilines is 1. The maximum Gasteiger partial charge on any atom is 0.261 e. The smallest absolute Gasteiger partial charge is 0.261 e. The van der Waals surface area contributed by atoms with Gasteiger partial charge in [0.2, 0.25) is 0 Å². The summed E-state index contributed by atoms with van der Waals surface area (Å²) in [5, 5.41) is 9.49. The number of nitrogens with zero attached hydrogens (tertiary/aromatic N) is 4. The third kappa shape index (κ3) is 5.69. The molecule has 2 aromatic rings. The van der Waals surface area contributed by atoms with Crippen molar-refractivity contribution >= 4 is 58.2 Å². The Morgan fingerprint density at radius 2 is 1.80 bits per heavy atom. The van der Waals surface area contributed by atoms with Gasteiger partial charge < -0.3 is 15.5 Å². The van der Waals surface area contributed by atoms with Gasteiger partial charge in [-0.1, -0.05) is 12.1 Å². The van der Waals surface area contributed by atoms with E-state index >= 15 is 0 Å². The van der Waals surface area contributed by atoms with Crippen LogP contribution in [0.1, 0.15) is 39.3 Å². The Bertz CT molecular complexity index is 879. The summed E-state index contributed by atoms with van der Waals surface area (Å²) in [5.41, 5.74) is 1.96. The molecule has 0 saturated heterocycles. The Morgan fingerprint density at radius 1 is 1.13 bits per heavy atom. The Labute approximate surface area is 197 Å². The van der Waals surface area contributed by atoms with E-state index in [-0.39, 0.29) is 35.8 Å². The molecule has 30 heavy (non-hydrogen) atoms. The summed E-state index contributed by atoms with van der Waals surface area (Å²) in [5.74, 6) is 0.304. The van der Waals surface area contributed by atoms with E-state index in [9.17, 15) is 9.59 Å². The van der Waals surface area contributed by atoms with Crippen LogP contribution in [-0.4, -0.2) is 61.9 Å². The highest BCUT2D eigenvalue weighted by Crippen LogP contribution is 2.22. The summed E-state index contributed by atoms with van der Waals surface area (Å²) in [4.78, 5) is 36.7. The van der Waals surface area contributed by atoms with Crippen LogP contribution < -0.4 is 15.5 Å². The van der Waals surface area contributed by atoms with Crippen LogP contribution in [-0.2, 0) is 6.54 Å². The highest BCUT2D eigenvalue weighted by atomic mass is 127. The molecule has 2 amide bonds. The number of nitrogens with one attached hydrogen (secondary N) is 2. The number of aromatic nitrogens is 1. The molecule has 1 aromatic heterocycles. The van der Waals surface area contributed by atoms with Gasteiger partial charge in [0.05, 0.1) is 23.4 Å². The van der Waals surface area contributed by atoms with Crippen molar-refractivity contribution in [3.8, 4) is 0 Å². The molecule has 8 nitrogen and oxygen atoms in total. The number of thiazole rings is 1. The molecule has 0 bridgehead atoms. The molecular formula is C20H27IN6O2S. The Kier molecular flexibility index (Phi) is 9.03. The lowest BCUT2D eigenvalue weighted by molar-refractivity contribution is 0.0652. The summed E-state index contributed by atoms with van der Waals surface area (Å²) in [6, 6.07) is 6.97. The number of aliphatic imine (C=N–C) groups is 1. The number of halogens is 1. The van der Waals surface area contributed by atoms with Crippen molar-refractivity contribution in [3.63, 3.8) is 0 Å². The minimum absolute atomic E-state index is 0. The lowest BCUT2D eigenvalue weighted by atomic mass is 10.1. The van der Waals surface area contributed by atoms with Crippen molar-refractivity contribution in [2.45, 2.75) is 19.4 Å². The van der Waals surface area contributed by atoms with Crippen molar-refractivity contribution in [3.05, 3.63) is 46.5 Å². The normalized spacial score (nSPS) is 13.2. The van der Waals surface area contributed by atoms with E-state index in [0.29, 0.717) is 36.7 Å². The Balaban J connectivity index is 0.00000320. The Hall–Kier alpha value is -2.21. The standard InChI is InChI=1S/C20H26N6O2S.HI/c1-21-19(23-12-14-13-29-20(24-14)25(2)3)22-10-6-7-11-26-17(27)15-8-4-5-9-16(15)18(26)28;/h4-5,8-9,13H,6-7,10-12H2,1-3H3,(H2,21,22,23);1H. The van der Waals surface area contributed by atoms with Crippen LogP contribution in [0.5, 0.6) is 0 Å². The summed E-state index contributed by atoms with van der Waals surface area (Å²) in [6.07, 6.45) is 1.54. The van der Waals surface area contributed by atoms with Crippen LogP contribution >= 0.6 is 35.3 Å². The molecule has 0 fully saturated rings. The van der Waals surface area contributed by atoms with Gasteiger partial charge >= 0.3 is 0 Å². The topological polar surface area (TPSA) is 89.9 Å². The zero-order valence-electron chi connectivity index (χ0n) is 17.3. The fourth-order valence-electron chi connectivity index (χ4n) is 3.02. The maximum absolute atomic E-state index is 12.3. The minimum atomic E-state index is -0.198. The molecular weight excluding hydrogens is 515 g/mol. The highest BCUT2D eigenvalue weighted by molar-refractivity contribution is 14.0. The number of imide groups is 1. The maximum atomic E-state index is 12.3. The first-order valence-corrected chi connectivity index (χ1v) is 10.4. The zero-order valence-corrected chi connectivity index (χ0v) is 20.5. The highest BCUT2D eigenvalue weighted by Gasteiger charge is 2.34. The van der Waals surface area contributed by atoms with Crippen molar-refractivity contribution in [1.82, 2.24) is 20.5 Å². The second-order valence-electron chi connectivity index (χ2n) is 6.88. The van der Waals surface area contributed by atoms with E-state index in [1.807, 2.05) is 24.4 Å². The van der Waals surface area contributed by atoms with Crippen LogP contribution in [0.4, 0.5) is 5.13 Å². The van der Waals surface area contributed by atoms with Gasteiger partial charge in [-0.2, -0.15) is 0 Å². The molecule has 0 saturated carbocycles. The minimum Gasteiger partial charge on any atom is -0.356 e. The molecule has 0 atom stereocenters. The summed E-state index contributed by atoms with van der Waals surface area (Å²) >= 11 is 1.60. The number of hydrogen-bond acceptors (Lipinski definition) is 6. The van der Waals surface area contributed by atoms with E-state index < -0.39 is 0 Å². The first kappa shape index (κ1) is 24.1. The fourth-order valence-corrected chi connectivity index (χ4v) is 3.78. The fraction of sp³-hybridized carbons (Fsp3) is 0.400. The molecule has 162 valence electrons. The van der Waals surface area contributed by atoms with E-state index in [0.717, 1.165) is 23.7 Å². The third-order valence-corrected chi connectivity index (χ3v) is 5.62. The number of rotatable bonds is 8. The van der Waals surface area contributed by atoms with Crippen LogP contribution in [0.25, 0.3) is 0 Å². The van der Waals surface area contributed by atoms with Crippen LogP contribution in [0.15, 0.2) is 34.6 Å². The largest absolute Gasteiger partial charge is 0.356 e. The summed E-state index contributed by atoms with van der Waals surface area (Å²) in [6.45, 7) is 1.72. The number of fused-ring (bicyclic) bond motifs is 1. The van der Waals surface area contributed by atoms with Crippen molar-refractivity contribution in [2.75, 3.05) is 39.1 Å². The van der Waals surface area contributed by atoms with Gasteiger partial charge in [-0.25, -0.2) is 4.98 Å². The number of carbonyl (C=O) groups is 2. The first-order chi connectivity index (χ1) is 14.0. The van der Waals surface area contributed by atoms with Gasteiger partial charge in [0.15, 0.2) is 11.1 Å². The van der Waals surface area contributed by atoms with E-state index in [4.69, 9.17) is 0 Å². The first-order valence-electron chi connectivity index (χ1n) is 9.52. The van der Waals surface area contributed by atoms with Gasteiger partial charge in [0, 0.05) is 39.6 Å². The molecule has 3 rings (SSSR count). The molecule has 1 aliphatic heterocycles. The summed E-state index contributed by atoms with van der Waals surface area (Å²) in [7, 11) is 5.66. The second-order valence-corrected chi connectivity index (χ2v) is 7.72. The van der Waals surface area contributed by atoms with Crippen molar-refractivity contribution in [1.29, 1.82) is 0 Å². The summed E-state index contributed by atoms with van der Waals surface area (Å²) < 4.78 is 0. The van der Waals surface area contributed by atoms with Gasteiger partial charge in [-0.3, -0.25) is 19.5 Å². The van der Waals surface area contributed by atoms with Crippen molar-refractivity contribution < 1.29 is 9.59 Å². The quantitative estimate of drug-likeness (QED) is 0.175. The number of hydrogen-bond donors (Lipinski definition) is 2. The average Bonchev–Trinajstić information content (AvgIpc) is 3.29. The van der Waals surface area contributed by atoms with Gasteiger partial charge in [-0.05, 0) is 25.0 Å². The van der Waals surface area contributed by atoms with E-state index in [1.54, 1.807) is 42.6 Å². The predicted octanol–water partition coefficient (Wildman–Crippen LogP) is 2.57. The van der Waals surface area contributed by atoms with Crippen LogP contribution in [0, 0.1) is 0 Å². The lowest BCUT2D eigenvalue weighted by Gasteiger charge is -2.14. The predicted molar refractivity (Wildman–Crippen MR) is 131 cm³/mol. The molecule has 1 aromatic carbocycles. The number of amides is 2. The van der Waals surface area contributed by atoms with Crippen molar-refractivity contribution in [2.24, 2.45) is 4.99 Å². The molecule has 0 unspecified atom stereocenters. The molecule has 0 spiro atoms. The number of guanidine groups is 1. The van der Waals surface area contributed by atoms with Gasteiger partial charge in [0.1, 0.15) is 0 Å². The van der Waals surface area contributed by atoms with Gasteiger partial charge in [0.25, 0.3) is 11.8 Å². The Morgan fingerprint density at radius 3 is 2.37 bits per heavy atom. The second kappa shape index (κ2) is 11.3. The average molecular weight is 542 g/mol. The molecule has 0 aliphatic carbocycles. The third-order valence-electron chi connectivity index (χ3n) is 4.56.